The van der Waals surface area contributed by atoms with Crippen LogP contribution in [0, 0.1) is 5.82 Å². The SMILES string of the molecule is CCn1cc(CN2CCCC(c3nc(-c4ccc(F)cc4)n[nH]3)C2)cn1. The lowest BCUT2D eigenvalue weighted by Gasteiger charge is -2.31. The molecule has 2 aromatic heterocycles. The number of nitrogens with one attached hydrogen (secondary N) is 1. The van der Waals surface area contributed by atoms with Crippen molar-refractivity contribution in [1.82, 2.24) is 29.9 Å². The van der Waals surface area contributed by atoms with Gasteiger partial charge in [-0.1, -0.05) is 0 Å². The maximum Gasteiger partial charge on any atom is 0.181 e. The Morgan fingerprint density at radius 2 is 2.12 bits per heavy atom. The third-order valence-corrected chi connectivity index (χ3v) is 4.91. The van der Waals surface area contributed by atoms with E-state index in [9.17, 15) is 4.39 Å². The molecule has 1 aliphatic rings. The zero-order valence-electron chi connectivity index (χ0n) is 14.9. The zero-order chi connectivity index (χ0) is 17.9. The Bertz CT molecular complexity index is 853. The Morgan fingerprint density at radius 3 is 2.88 bits per heavy atom. The lowest BCUT2D eigenvalue weighted by atomic mass is 9.97. The van der Waals surface area contributed by atoms with Gasteiger partial charge in [0.25, 0.3) is 0 Å². The summed E-state index contributed by atoms with van der Waals surface area (Å²) in [6, 6.07) is 6.29. The number of rotatable bonds is 5. The number of hydrogen-bond acceptors (Lipinski definition) is 4. The largest absolute Gasteiger partial charge is 0.298 e. The molecule has 1 atom stereocenters. The van der Waals surface area contributed by atoms with Crippen molar-refractivity contribution in [2.75, 3.05) is 13.1 Å². The summed E-state index contributed by atoms with van der Waals surface area (Å²) in [5.41, 5.74) is 2.07. The van der Waals surface area contributed by atoms with Crippen LogP contribution < -0.4 is 0 Å². The quantitative estimate of drug-likeness (QED) is 0.764. The molecule has 1 saturated heterocycles. The highest BCUT2D eigenvalue weighted by molar-refractivity contribution is 5.54. The third-order valence-electron chi connectivity index (χ3n) is 4.91. The highest BCUT2D eigenvalue weighted by atomic mass is 19.1. The molecule has 0 spiro atoms. The van der Waals surface area contributed by atoms with Crippen molar-refractivity contribution in [3.63, 3.8) is 0 Å². The molecule has 26 heavy (non-hydrogen) atoms. The van der Waals surface area contributed by atoms with Gasteiger partial charge in [0, 0.05) is 42.9 Å². The number of aromatic nitrogens is 5. The Hall–Kier alpha value is -2.54. The summed E-state index contributed by atoms with van der Waals surface area (Å²) in [5.74, 6) is 1.63. The van der Waals surface area contributed by atoms with Crippen LogP contribution in [0.4, 0.5) is 4.39 Å². The van der Waals surface area contributed by atoms with E-state index >= 15 is 0 Å². The molecule has 0 saturated carbocycles. The fraction of sp³-hybridized carbons (Fsp3) is 0.421. The molecule has 3 heterocycles. The van der Waals surface area contributed by atoms with Crippen LogP contribution in [-0.2, 0) is 13.1 Å². The van der Waals surface area contributed by atoms with Crippen molar-refractivity contribution in [2.45, 2.75) is 38.8 Å². The van der Waals surface area contributed by atoms with E-state index in [1.807, 2.05) is 10.9 Å². The molecular weight excluding hydrogens is 331 g/mol. The Balaban J connectivity index is 1.43. The number of piperidine rings is 1. The maximum absolute atomic E-state index is 13.1. The molecule has 0 aliphatic carbocycles. The molecule has 1 N–H and O–H groups in total. The number of aryl methyl sites for hydroxylation is 1. The van der Waals surface area contributed by atoms with Crippen molar-refractivity contribution in [2.24, 2.45) is 0 Å². The second kappa shape index (κ2) is 7.37. The molecule has 6 nitrogen and oxygen atoms in total. The van der Waals surface area contributed by atoms with E-state index in [-0.39, 0.29) is 5.82 Å². The van der Waals surface area contributed by atoms with Crippen molar-refractivity contribution in [1.29, 1.82) is 0 Å². The lowest BCUT2D eigenvalue weighted by Crippen LogP contribution is -2.34. The van der Waals surface area contributed by atoms with Gasteiger partial charge in [-0.25, -0.2) is 9.37 Å². The van der Waals surface area contributed by atoms with Crippen molar-refractivity contribution in [3.05, 3.63) is 53.9 Å². The minimum absolute atomic E-state index is 0.251. The molecular formula is C19H23FN6. The van der Waals surface area contributed by atoms with Crippen molar-refractivity contribution < 1.29 is 4.39 Å². The molecule has 0 radical (unpaired) electrons. The summed E-state index contributed by atoms with van der Waals surface area (Å²) in [5, 5.41) is 11.8. The van der Waals surface area contributed by atoms with E-state index in [0.29, 0.717) is 11.7 Å². The molecule has 3 aromatic rings. The number of benzene rings is 1. The fourth-order valence-electron chi connectivity index (χ4n) is 3.53. The monoisotopic (exact) mass is 354 g/mol. The van der Waals surface area contributed by atoms with E-state index in [1.54, 1.807) is 12.1 Å². The van der Waals surface area contributed by atoms with Gasteiger partial charge in [-0.05, 0) is 50.6 Å². The van der Waals surface area contributed by atoms with Crippen molar-refractivity contribution >= 4 is 0 Å². The van der Waals surface area contributed by atoms with E-state index in [2.05, 4.69) is 38.3 Å². The van der Waals surface area contributed by atoms with Crippen LogP contribution in [0.25, 0.3) is 11.4 Å². The lowest BCUT2D eigenvalue weighted by molar-refractivity contribution is 0.196. The molecule has 1 unspecified atom stereocenters. The topological polar surface area (TPSA) is 62.6 Å². The van der Waals surface area contributed by atoms with Crippen LogP contribution in [0.2, 0.25) is 0 Å². The predicted octanol–water partition coefficient (Wildman–Crippen LogP) is 3.21. The highest BCUT2D eigenvalue weighted by Gasteiger charge is 2.24. The standard InChI is InChI=1S/C19H23FN6/c1-2-26-12-14(10-21-26)11-25-9-3-4-16(13-25)19-22-18(23-24-19)15-5-7-17(20)8-6-15/h5-8,10,12,16H,2-4,9,11,13H2,1H3,(H,22,23,24). The summed E-state index contributed by atoms with van der Waals surface area (Å²) in [4.78, 5) is 7.11. The van der Waals surface area contributed by atoms with E-state index in [1.165, 1.54) is 17.7 Å². The summed E-state index contributed by atoms with van der Waals surface area (Å²) >= 11 is 0. The first-order valence-electron chi connectivity index (χ1n) is 9.13. The third kappa shape index (κ3) is 3.67. The van der Waals surface area contributed by atoms with Gasteiger partial charge in [-0.15, -0.1) is 0 Å². The number of hydrogen-bond donors (Lipinski definition) is 1. The van der Waals surface area contributed by atoms with Gasteiger partial charge in [0.1, 0.15) is 11.6 Å². The van der Waals surface area contributed by atoms with E-state index in [0.717, 1.165) is 50.4 Å². The Kier molecular flexibility index (Phi) is 4.79. The zero-order valence-corrected chi connectivity index (χ0v) is 14.9. The number of likely N-dealkylation sites (tertiary alicyclic amines) is 1. The van der Waals surface area contributed by atoms with Crippen LogP contribution in [-0.4, -0.2) is 43.0 Å². The molecule has 136 valence electrons. The van der Waals surface area contributed by atoms with E-state index < -0.39 is 0 Å². The average Bonchev–Trinajstić information content (AvgIpc) is 3.32. The molecule has 0 bridgehead atoms. The van der Waals surface area contributed by atoms with Crippen LogP contribution in [0.3, 0.4) is 0 Å². The summed E-state index contributed by atoms with van der Waals surface area (Å²) in [6.45, 7) is 5.95. The molecule has 7 heteroatoms. The number of H-pyrrole nitrogens is 1. The fourth-order valence-corrected chi connectivity index (χ4v) is 3.53. The van der Waals surface area contributed by atoms with Crippen LogP contribution in [0.15, 0.2) is 36.7 Å². The van der Waals surface area contributed by atoms with Gasteiger partial charge in [-0.2, -0.15) is 10.2 Å². The predicted molar refractivity (Wildman–Crippen MR) is 96.9 cm³/mol. The molecule has 1 fully saturated rings. The first-order chi connectivity index (χ1) is 12.7. The summed E-state index contributed by atoms with van der Waals surface area (Å²) < 4.78 is 15.0. The number of halogens is 1. The second-order valence-corrected chi connectivity index (χ2v) is 6.83. The first kappa shape index (κ1) is 16.9. The summed E-state index contributed by atoms with van der Waals surface area (Å²) in [7, 11) is 0. The smallest absolute Gasteiger partial charge is 0.181 e. The minimum Gasteiger partial charge on any atom is -0.298 e. The molecule has 1 aromatic carbocycles. The van der Waals surface area contributed by atoms with E-state index in [4.69, 9.17) is 0 Å². The number of aromatic amines is 1. The first-order valence-corrected chi connectivity index (χ1v) is 9.13. The van der Waals surface area contributed by atoms with Crippen molar-refractivity contribution in [3.8, 4) is 11.4 Å². The van der Waals surface area contributed by atoms with Gasteiger partial charge in [-0.3, -0.25) is 14.7 Å². The Morgan fingerprint density at radius 1 is 1.27 bits per heavy atom. The number of nitrogens with zero attached hydrogens (tertiary/aromatic N) is 5. The molecule has 0 amide bonds. The second-order valence-electron chi connectivity index (χ2n) is 6.83. The van der Waals surface area contributed by atoms with Gasteiger partial charge >= 0.3 is 0 Å². The summed E-state index contributed by atoms with van der Waals surface area (Å²) in [6.07, 6.45) is 6.31. The van der Waals surface area contributed by atoms with Crippen LogP contribution in [0.5, 0.6) is 0 Å². The van der Waals surface area contributed by atoms with Gasteiger partial charge in [0.15, 0.2) is 5.82 Å². The van der Waals surface area contributed by atoms with Crippen LogP contribution >= 0.6 is 0 Å². The molecule has 4 rings (SSSR count). The minimum atomic E-state index is -0.251. The molecule has 1 aliphatic heterocycles. The maximum atomic E-state index is 13.1. The Labute approximate surface area is 152 Å². The van der Waals surface area contributed by atoms with Crippen LogP contribution in [0.1, 0.15) is 37.1 Å². The van der Waals surface area contributed by atoms with Gasteiger partial charge in [0.05, 0.1) is 6.20 Å². The van der Waals surface area contributed by atoms with Gasteiger partial charge < -0.3 is 0 Å². The van der Waals surface area contributed by atoms with Gasteiger partial charge in [0.2, 0.25) is 0 Å². The highest BCUT2D eigenvalue weighted by Crippen LogP contribution is 2.27. The average molecular weight is 354 g/mol. The normalized spacial score (nSPS) is 18.3.